The Hall–Kier alpha value is -2.80. The van der Waals surface area contributed by atoms with Gasteiger partial charge in [-0.1, -0.05) is 12.1 Å². The summed E-state index contributed by atoms with van der Waals surface area (Å²) in [7, 11) is 1.62. The van der Waals surface area contributed by atoms with Crippen molar-refractivity contribution in [3.63, 3.8) is 0 Å². The molecule has 0 saturated carbocycles. The Balaban J connectivity index is 1.45. The van der Waals surface area contributed by atoms with Gasteiger partial charge in [-0.3, -0.25) is 14.5 Å². The molecule has 0 aliphatic carbocycles. The first-order valence-electron chi connectivity index (χ1n) is 9.09. The van der Waals surface area contributed by atoms with Crippen molar-refractivity contribution in [2.24, 2.45) is 0 Å². The van der Waals surface area contributed by atoms with Gasteiger partial charge >= 0.3 is 0 Å². The summed E-state index contributed by atoms with van der Waals surface area (Å²) in [5, 5.41) is 5.79. The number of benzene rings is 1. The number of hydrogen-bond acceptors (Lipinski definition) is 5. The lowest BCUT2D eigenvalue weighted by Crippen LogP contribution is -2.46. The van der Waals surface area contributed by atoms with E-state index in [1.54, 1.807) is 19.4 Å². The molecule has 1 unspecified atom stereocenters. The quantitative estimate of drug-likeness (QED) is 0.738. The first kappa shape index (κ1) is 19.0. The Labute approximate surface area is 158 Å². The number of methoxy groups -OCH3 is 1. The molecule has 3 rings (SSSR count). The topological polar surface area (TPSA) is 83.8 Å². The van der Waals surface area contributed by atoms with E-state index in [0.29, 0.717) is 18.8 Å². The number of nitrogens with one attached hydrogen (secondary N) is 2. The first-order chi connectivity index (χ1) is 13.2. The van der Waals surface area contributed by atoms with E-state index in [1.807, 2.05) is 35.2 Å². The summed E-state index contributed by atoms with van der Waals surface area (Å²) in [6, 6.07) is 10.9. The van der Waals surface area contributed by atoms with Gasteiger partial charge in [-0.05, 0) is 49.2 Å². The maximum absolute atomic E-state index is 12.4. The summed E-state index contributed by atoms with van der Waals surface area (Å²) < 4.78 is 10.3. The van der Waals surface area contributed by atoms with E-state index in [9.17, 15) is 9.59 Å². The van der Waals surface area contributed by atoms with Crippen molar-refractivity contribution in [2.75, 3.05) is 20.2 Å². The molecule has 0 bridgehead atoms. The van der Waals surface area contributed by atoms with Crippen LogP contribution in [0.2, 0.25) is 0 Å². The van der Waals surface area contributed by atoms with E-state index in [0.717, 1.165) is 30.7 Å². The predicted molar refractivity (Wildman–Crippen MR) is 100.0 cm³/mol. The Morgan fingerprint density at radius 3 is 2.70 bits per heavy atom. The zero-order valence-electron chi connectivity index (χ0n) is 15.4. The standard InChI is InChI=1S/C20H25N3O4/c1-26-16-8-6-15(7-9-16)12-21-19(24)14-23-10-2-5-18(23)20(25)22-13-17-4-3-11-27-17/h3-4,6-9,11,18H,2,5,10,12-14H2,1H3,(H,21,24)(H,22,25). The number of ether oxygens (including phenoxy) is 1. The zero-order chi connectivity index (χ0) is 19.1. The molecule has 0 spiro atoms. The summed E-state index contributed by atoms with van der Waals surface area (Å²) in [5.41, 5.74) is 0.998. The minimum absolute atomic E-state index is 0.0631. The van der Waals surface area contributed by atoms with Crippen molar-refractivity contribution in [1.82, 2.24) is 15.5 Å². The van der Waals surface area contributed by atoms with Crippen molar-refractivity contribution < 1.29 is 18.7 Å². The van der Waals surface area contributed by atoms with E-state index in [-0.39, 0.29) is 24.4 Å². The molecular formula is C20H25N3O4. The molecule has 1 atom stereocenters. The third-order valence-electron chi connectivity index (χ3n) is 4.68. The molecule has 1 aromatic carbocycles. The molecule has 0 radical (unpaired) electrons. The fourth-order valence-corrected chi connectivity index (χ4v) is 3.20. The van der Waals surface area contributed by atoms with Crippen LogP contribution in [0.15, 0.2) is 47.1 Å². The number of hydrogen-bond donors (Lipinski definition) is 2. The fraction of sp³-hybridized carbons (Fsp3) is 0.400. The molecule has 144 valence electrons. The smallest absolute Gasteiger partial charge is 0.237 e. The second-order valence-electron chi connectivity index (χ2n) is 6.55. The Morgan fingerprint density at radius 1 is 1.19 bits per heavy atom. The maximum Gasteiger partial charge on any atom is 0.237 e. The van der Waals surface area contributed by atoms with E-state index >= 15 is 0 Å². The highest BCUT2D eigenvalue weighted by Gasteiger charge is 2.31. The van der Waals surface area contributed by atoms with E-state index < -0.39 is 0 Å². The summed E-state index contributed by atoms with van der Waals surface area (Å²) in [6.45, 7) is 1.77. The molecule has 2 amide bonds. The van der Waals surface area contributed by atoms with Gasteiger partial charge in [0.1, 0.15) is 11.5 Å². The average Bonchev–Trinajstić information content (AvgIpc) is 3.37. The van der Waals surface area contributed by atoms with Gasteiger partial charge in [0.15, 0.2) is 0 Å². The largest absolute Gasteiger partial charge is 0.497 e. The predicted octanol–water partition coefficient (Wildman–Crippen LogP) is 1.69. The molecule has 1 aromatic heterocycles. The maximum atomic E-state index is 12.4. The zero-order valence-corrected chi connectivity index (χ0v) is 15.4. The molecule has 2 aromatic rings. The summed E-state index contributed by atoms with van der Waals surface area (Å²) in [5.74, 6) is 1.35. The van der Waals surface area contributed by atoms with Crippen LogP contribution in [0, 0.1) is 0 Å². The van der Waals surface area contributed by atoms with Crippen LogP contribution in [0.4, 0.5) is 0 Å². The first-order valence-corrected chi connectivity index (χ1v) is 9.09. The van der Waals surface area contributed by atoms with Crippen LogP contribution >= 0.6 is 0 Å². The van der Waals surface area contributed by atoms with Crippen LogP contribution in [0.1, 0.15) is 24.2 Å². The van der Waals surface area contributed by atoms with Gasteiger partial charge in [-0.2, -0.15) is 0 Å². The highest BCUT2D eigenvalue weighted by Crippen LogP contribution is 2.17. The number of amides is 2. The Kier molecular flexibility index (Phi) is 6.49. The van der Waals surface area contributed by atoms with Gasteiger partial charge < -0.3 is 19.8 Å². The highest BCUT2D eigenvalue weighted by atomic mass is 16.5. The van der Waals surface area contributed by atoms with Crippen molar-refractivity contribution in [3.05, 3.63) is 54.0 Å². The van der Waals surface area contributed by atoms with Gasteiger partial charge in [-0.25, -0.2) is 0 Å². The Bertz CT molecular complexity index is 743. The van der Waals surface area contributed by atoms with Crippen LogP contribution in [0.25, 0.3) is 0 Å². The number of carbonyl (C=O) groups is 2. The fourth-order valence-electron chi connectivity index (χ4n) is 3.20. The molecule has 2 N–H and O–H groups in total. The van der Waals surface area contributed by atoms with Gasteiger partial charge in [0.05, 0.1) is 32.5 Å². The van der Waals surface area contributed by atoms with Crippen molar-refractivity contribution in [1.29, 1.82) is 0 Å². The molecule has 7 heteroatoms. The highest BCUT2D eigenvalue weighted by molar-refractivity contribution is 5.84. The number of rotatable bonds is 8. The van der Waals surface area contributed by atoms with Crippen molar-refractivity contribution >= 4 is 11.8 Å². The molecule has 27 heavy (non-hydrogen) atoms. The second kappa shape index (κ2) is 9.23. The van der Waals surface area contributed by atoms with E-state index in [4.69, 9.17) is 9.15 Å². The molecule has 7 nitrogen and oxygen atoms in total. The number of carbonyl (C=O) groups excluding carboxylic acids is 2. The third-order valence-corrected chi connectivity index (χ3v) is 4.68. The number of likely N-dealkylation sites (tertiary alicyclic amines) is 1. The lowest BCUT2D eigenvalue weighted by molar-refractivity contribution is -0.127. The summed E-state index contributed by atoms with van der Waals surface area (Å²) >= 11 is 0. The van der Waals surface area contributed by atoms with Gasteiger partial charge in [0, 0.05) is 6.54 Å². The van der Waals surface area contributed by atoms with E-state index in [2.05, 4.69) is 10.6 Å². The molecule has 1 aliphatic rings. The van der Waals surface area contributed by atoms with Crippen molar-refractivity contribution in [3.8, 4) is 5.75 Å². The van der Waals surface area contributed by atoms with Gasteiger partial charge in [-0.15, -0.1) is 0 Å². The molecular weight excluding hydrogens is 346 g/mol. The lowest BCUT2D eigenvalue weighted by Gasteiger charge is -2.23. The number of nitrogens with zero attached hydrogens (tertiary/aromatic N) is 1. The summed E-state index contributed by atoms with van der Waals surface area (Å²) in [4.78, 5) is 26.6. The minimum atomic E-state index is -0.272. The van der Waals surface area contributed by atoms with E-state index in [1.165, 1.54) is 0 Å². The van der Waals surface area contributed by atoms with Gasteiger partial charge in [0.2, 0.25) is 11.8 Å². The molecule has 1 saturated heterocycles. The number of furan rings is 1. The average molecular weight is 371 g/mol. The van der Waals surface area contributed by atoms with Crippen LogP contribution in [-0.4, -0.2) is 43.0 Å². The van der Waals surface area contributed by atoms with Crippen LogP contribution in [0.3, 0.4) is 0 Å². The molecule has 1 fully saturated rings. The van der Waals surface area contributed by atoms with Crippen LogP contribution < -0.4 is 15.4 Å². The van der Waals surface area contributed by atoms with Crippen LogP contribution in [0.5, 0.6) is 5.75 Å². The SMILES string of the molecule is COc1ccc(CNC(=O)CN2CCCC2C(=O)NCc2ccco2)cc1. The lowest BCUT2D eigenvalue weighted by atomic mass is 10.2. The van der Waals surface area contributed by atoms with Gasteiger partial charge in [0.25, 0.3) is 0 Å². The Morgan fingerprint density at radius 2 is 2.00 bits per heavy atom. The summed E-state index contributed by atoms with van der Waals surface area (Å²) in [6.07, 6.45) is 3.25. The second-order valence-corrected chi connectivity index (χ2v) is 6.55. The van der Waals surface area contributed by atoms with Crippen molar-refractivity contribution in [2.45, 2.75) is 32.0 Å². The molecule has 2 heterocycles. The van der Waals surface area contributed by atoms with Crippen LogP contribution in [-0.2, 0) is 22.7 Å². The molecule has 1 aliphatic heterocycles. The third kappa shape index (κ3) is 5.34. The monoisotopic (exact) mass is 371 g/mol. The minimum Gasteiger partial charge on any atom is -0.497 e. The normalized spacial score (nSPS) is 16.9.